The molecule has 9 heteroatoms. The van der Waals surface area contributed by atoms with Gasteiger partial charge in [-0.1, -0.05) is 18.2 Å². The zero-order chi connectivity index (χ0) is 25.4. The van der Waals surface area contributed by atoms with Gasteiger partial charge < -0.3 is 24.3 Å². The third-order valence-electron chi connectivity index (χ3n) is 7.01. The minimum atomic E-state index is -0.827. The molecule has 4 heterocycles. The number of aliphatic hydroxyl groups excluding tert-OH is 1. The molecule has 0 saturated carbocycles. The summed E-state index contributed by atoms with van der Waals surface area (Å²) >= 11 is 0. The van der Waals surface area contributed by atoms with Crippen molar-refractivity contribution in [2.45, 2.75) is 26.3 Å². The first-order chi connectivity index (χ1) is 17.4. The lowest BCUT2D eigenvalue weighted by Gasteiger charge is -2.29. The van der Waals surface area contributed by atoms with Gasteiger partial charge in [-0.3, -0.25) is 14.5 Å². The molecule has 0 bridgehead atoms. The van der Waals surface area contributed by atoms with Gasteiger partial charge in [0.2, 0.25) is 0 Å². The number of rotatable bonds is 6. The number of ketones is 1. The van der Waals surface area contributed by atoms with Crippen LogP contribution in [0.1, 0.15) is 35.0 Å². The third-order valence-corrected chi connectivity index (χ3v) is 7.01. The molecule has 2 aliphatic rings. The molecular weight excluding hydrogens is 460 g/mol. The quantitative estimate of drug-likeness (QED) is 0.311. The van der Waals surface area contributed by atoms with Gasteiger partial charge >= 0.3 is 0 Å². The lowest BCUT2D eigenvalue weighted by molar-refractivity contribution is -0.140. The maximum atomic E-state index is 13.3. The topological polar surface area (TPSA) is 108 Å². The smallest absolute Gasteiger partial charge is 0.295 e. The Morgan fingerprint density at radius 3 is 2.61 bits per heavy atom. The number of imidazole rings is 1. The number of phenols is 1. The number of Topliss-reactive ketones (excluding diaryl/α,β-unsaturated/α-hetero) is 1. The number of aliphatic hydroxyl groups is 1. The number of ether oxygens (including phenoxy) is 1. The van der Waals surface area contributed by atoms with Crippen molar-refractivity contribution in [3.05, 3.63) is 70.7 Å². The second kappa shape index (κ2) is 9.75. The van der Waals surface area contributed by atoms with E-state index in [4.69, 9.17) is 4.74 Å². The normalized spacial score (nSPS) is 20.5. The first kappa shape index (κ1) is 24.0. The van der Waals surface area contributed by atoms with Crippen molar-refractivity contribution in [3.63, 3.8) is 0 Å². The van der Waals surface area contributed by atoms with Crippen LogP contribution in [0.3, 0.4) is 0 Å². The van der Waals surface area contributed by atoms with Crippen molar-refractivity contribution in [2.75, 3.05) is 39.4 Å². The number of hydrogen-bond donors (Lipinski definition) is 2. The average molecular weight is 491 g/mol. The highest BCUT2D eigenvalue weighted by atomic mass is 16.5. The van der Waals surface area contributed by atoms with Crippen LogP contribution in [0.15, 0.2) is 48.2 Å². The number of amides is 1. The zero-order valence-corrected chi connectivity index (χ0v) is 20.5. The minimum Gasteiger partial charge on any atom is -0.508 e. The summed E-state index contributed by atoms with van der Waals surface area (Å²) in [5, 5.41) is 21.6. The number of aromatic nitrogens is 2. The molecule has 1 aromatic carbocycles. The molecule has 1 unspecified atom stereocenters. The highest BCUT2D eigenvalue weighted by molar-refractivity contribution is 6.46. The van der Waals surface area contributed by atoms with E-state index in [9.17, 15) is 19.8 Å². The predicted molar refractivity (Wildman–Crippen MR) is 134 cm³/mol. The molecule has 9 nitrogen and oxygen atoms in total. The molecule has 0 radical (unpaired) electrons. The third kappa shape index (κ3) is 4.25. The Hall–Kier alpha value is -3.69. The SMILES string of the molecule is Cc1cccn2c(C)c(/C(O)=C3\C(=O)C(=O)N(CCCN4CCOCC4)C3c3cccc(O)c3)nc12. The zero-order valence-electron chi connectivity index (χ0n) is 20.5. The maximum absolute atomic E-state index is 13.3. The van der Waals surface area contributed by atoms with Crippen molar-refractivity contribution in [1.82, 2.24) is 19.2 Å². The van der Waals surface area contributed by atoms with Crippen LogP contribution < -0.4 is 0 Å². The lowest BCUT2D eigenvalue weighted by atomic mass is 9.96. The van der Waals surface area contributed by atoms with E-state index in [0.29, 0.717) is 43.1 Å². The van der Waals surface area contributed by atoms with Crippen LogP contribution in [0.25, 0.3) is 11.4 Å². The summed E-state index contributed by atoms with van der Waals surface area (Å²) < 4.78 is 7.26. The van der Waals surface area contributed by atoms with Crippen molar-refractivity contribution in [2.24, 2.45) is 0 Å². The van der Waals surface area contributed by atoms with E-state index in [1.807, 2.05) is 36.6 Å². The first-order valence-corrected chi connectivity index (χ1v) is 12.2. The molecule has 0 aliphatic carbocycles. The van der Waals surface area contributed by atoms with E-state index in [1.165, 1.54) is 17.0 Å². The van der Waals surface area contributed by atoms with Crippen LogP contribution in [0.2, 0.25) is 0 Å². The second-order valence-corrected chi connectivity index (χ2v) is 9.33. The summed E-state index contributed by atoms with van der Waals surface area (Å²) in [7, 11) is 0. The van der Waals surface area contributed by atoms with E-state index < -0.39 is 17.7 Å². The highest BCUT2D eigenvalue weighted by Crippen LogP contribution is 2.40. The molecule has 1 amide bonds. The van der Waals surface area contributed by atoms with Crippen LogP contribution in [0, 0.1) is 13.8 Å². The van der Waals surface area contributed by atoms with Gasteiger partial charge in [-0.15, -0.1) is 0 Å². The largest absolute Gasteiger partial charge is 0.508 e. The summed E-state index contributed by atoms with van der Waals surface area (Å²) in [5.41, 5.74) is 3.07. The molecule has 2 N–H and O–H groups in total. The lowest BCUT2D eigenvalue weighted by Crippen LogP contribution is -2.38. The molecule has 1 atom stereocenters. The van der Waals surface area contributed by atoms with Crippen molar-refractivity contribution >= 4 is 23.1 Å². The van der Waals surface area contributed by atoms with E-state index in [2.05, 4.69) is 9.88 Å². The molecule has 5 rings (SSSR count). The number of carbonyl (C=O) groups excluding carboxylic acids is 2. The van der Waals surface area contributed by atoms with Gasteiger partial charge in [0.25, 0.3) is 11.7 Å². The molecule has 2 saturated heterocycles. The molecular formula is C27H30N4O5. The Morgan fingerprint density at radius 2 is 1.89 bits per heavy atom. The fourth-order valence-corrected chi connectivity index (χ4v) is 5.12. The summed E-state index contributed by atoms with van der Waals surface area (Å²) in [6.07, 6.45) is 2.51. The number of aryl methyl sites for hydroxylation is 2. The predicted octanol–water partition coefficient (Wildman–Crippen LogP) is 2.80. The first-order valence-electron chi connectivity index (χ1n) is 12.2. The van der Waals surface area contributed by atoms with Gasteiger partial charge in [0.15, 0.2) is 5.76 Å². The fourth-order valence-electron chi connectivity index (χ4n) is 5.12. The summed E-state index contributed by atoms with van der Waals surface area (Å²) in [6, 6.07) is 9.46. The number of carbonyl (C=O) groups is 2. The number of hydrogen-bond acceptors (Lipinski definition) is 7. The Labute approximate surface area is 209 Å². The number of morpholine rings is 1. The van der Waals surface area contributed by atoms with Crippen LogP contribution >= 0.6 is 0 Å². The van der Waals surface area contributed by atoms with Crippen LogP contribution in [-0.4, -0.2) is 80.5 Å². The highest BCUT2D eigenvalue weighted by Gasteiger charge is 2.46. The van der Waals surface area contributed by atoms with Gasteiger partial charge in [-0.25, -0.2) is 4.98 Å². The van der Waals surface area contributed by atoms with Gasteiger partial charge in [0, 0.05) is 32.4 Å². The summed E-state index contributed by atoms with van der Waals surface area (Å²) in [5.74, 6) is -1.70. The molecule has 2 aromatic heterocycles. The minimum absolute atomic E-state index is 0.0128. The number of nitrogens with zero attached hydrogens (tertiary/aromatic N) is 4. The van der Waals surface area contributed by atoms with Crippen LogP contribution in [0.5, 0.6) is 5.75 Å². The molecule has 188 valence electrons. The Kier molecular flexibility index (Phi) is 6.51. The number of aromatic hydroxyl groups is 1. The molecule has 0 spiro atoms. The fraction of sp³-hybridized carbons (Fsp3) is 0.370. The van der Waals surface area contributed by atoms with E-state index in [-0.39, 0.29) is 22.8 Å². The number of fused-ring (bicyclic) bond motifs is 1. The van der Waals surface area contributed by atoms with Gasteiger partial charge in [-0.05, 0) is 49.6 Å². The number of pyridine rings is 1. The molecule has 36 heavy (non-hydrogen) atoms. The van der Waals surface area contributed by atoms with Gasteiger partial charge in [0.05, 0.1) is 30.5 Å². The van der Waals surface area contributed by atoms with Crippen molar-refractivity contribution in [3.8, 4) is 5.75 Å². The summed E-state index contributed by atoms with van der Waals surface area (Å²) in [4.78, 5) is 34.9. The average Bonchev–Trinajstić information content (AvgIpc) is 3.34. The Bertz CT molecular complexity index is 1360. The molecule has 2 aliphatic heterocycles. The van der Waals surface area contributed by atoms with Crippen molar-refractivity contribution < 1.29 is 24.5 Å². The number of phenolic OH excluding ortho intramolecular Hbond substituents is 1. The maximum Gasteiger partial charge on any atom is 0.295 e. The number of benzene rings is 1. The van der Waals surface area contributed by atoms with Gasteiger partial charge in [0.1, 0.15) is 17.1 Å². The standard InChI is InChI=1S/C27H30N4O5/c1-17-6-4-10-30-18(2)22(28-26(17)30)24(33)21-23(19-7-3-8-20(32)16-19)31(27(35)25(21)34)11-5-9-29-12-14-36-15-13-29/h3-4,6-8,10,16,23,32-33H,5,9,11-15H2,1-2H3/b24-21+. The van der Waals surface area contributed by atoms with Crippen molar-refractivity contribution in [1.29, 1.82) is 0 Å². The monoisotopic (exact) mass is 490 g/mol. The van der Waals surface area contributed by atoms with E-state index in [1.54, 1.807) is 12.1 Å². The Balaban J connectivity index is 1.55. The second-order valence-electron chi connectivity index (χ2n) is 9.33. The van der Waals surface area contributed by atoms with E-state index >= 15 is 0 Å². The molecule has 2 fully saturated rings. The van der Waals surface area contributed by atoms with Crippen LogP contribution in [0.4, 0.5) is 0 Å². The van der Waals surface area contributed by atoms with Gasteiger partial charge in [-0.2, -0.15) is 0 Å². The van der Waals surface area contributed by atoms with E-state index in [0.717, 1.165) is 25.2 Å². The summed E-state index contributed by atoms with van der Waals surface area (Å²) in [6.45, 7) is 7.88. The molecule has 3 aromatic rings. The van der Waals surface area contributed by atoms with Crippen LogP contribution in [-0.2, 0) is 14.3 Å². The Morgan fingerprint density at radius 1 is 1.11 bits per heavy atom. The number of likely N-dealkylation sites (tertiary alicyclic amines) is 1.